The van der Waals surface area contributed by atoms with Crippen LogP contribution in [0.5, 0.6) is 0 Å². The van der Waals surface area contributed by atoms with Crippen molar-refractivity contribution in [3.63, 3.8) is 0 Å². The maximum Gasteiger partial charge on any atom is 0.0607 e. The Morgan fingerprint density at radius 2 is 1.36 bits per heavy atom. The van der Waals surface area contributed by atoms with Crippen molar-refractivity contribution in [2.45, 2.75) is 45.2 Å². The number of rotatable bonds is 2. The van der Waals surface area contributed by atoms with E-state index in [1.807, 2.05) is 38.1 Å². The Bertz CT molecular complexity index is 828. The highest BCUT2D eigenvalue weighted by molar-refractivity contribution is 5.38. The topological polar surface area (TPSA) is 23.5 Å². The van der Waals surface area contributed by atoms with Crippen molar-refractivity contribution in [3.8, 4) is 23.7 Å². The molecule has 126 valence electrons. The molecule has 25 heavy (non-hydrogen) atoms. The van der Waals surface area contributed by atoms with Crippen molar-refractivity contribution in [3.05, 3.63) is 70.8 Å². The van der Waals surface area contributed by atoms with Crippen molar-refractivity contribution in [2.24, 2.45) is 0 Å². The minimum atomic E-state index is 0.0354. The molecule has 0 amide bonds. The summed E-state index contributed by atoms with van der Waals surface area (Å²) in [7, 11) is 0. The molecule has 2 heteroatoms. The summed E-state index contributed by atoms with van der Waals surface area (Å²) >= 11 is 0. The van der Waals surface area contributed by atoms with Gasteiger partial charge in [0.25, 0.3) is 0 Å². The Morgan fingerprint density at radius 3 is 1.80 bits per heavy atom. The zero-order valence-corrected chi connectivity index (χ0v) is 14.8. The van der Waals surface area contributed by atoms with Crippen LogP contribution in [0.15, 0.2) is 48.5 Å². The van der Waals surface area contributed by atoms with Crippen LogP contribution in [0.4, 0.5) is 0 Å². The summed E-state index contributed by atoms with van der Waals surface area (Å²) in [5.74, 6) is 12.2. The Morgan fingerprint density at radius 1 is 0.880 bits per heavy atom. The van der Waals surface area contributed by atoms with Crippen LogP contribution in [0.3, 0.4) is 0 Å². The van der Waals surface area contributed by atoms with E-state index in [1.165, 1.54) is 5.06 Å². The van der Waals surface area contributed by atoms with Crippen LogP contribution in [0.1, 0.15) is 67.4 Å². The molecule has 1 saturated heterocycles. The molecule has 1 aliphatic rings. The Labute approximate surface area is 150 Å². The van der Waals surface area contributed by atoms with Crippen molar-refractivity contribution < 1.29 is 5.21 Å². The first-order valence-corrected chi connectivity index (χ1v) is 8.81. The number of hydrogen-bond acceptors (Lipinski definition) is 2. The second kappa shape index (κ2) is 8.04. The van der Waals surface area contributed by atoms with Crippen molar-refractivity contribution in [2.75, 3.05) is 0 Å². The molecular formula is C23H23NO. The number of nitrogens with zero attached hydrogens (tertiary/aromatic N) is 1. The third-order valence-corrected chi connectivity index (χ3v) is 4.62. The predicted octanol–water partition coefficient (Wildman–Crippen LogP) is 5.09. The highest BCUT2D eigenvalue weighted by atomic mass is 16.5. The van der Waals surface area contributed by atoms with Gasteiger partial charge in [0, 0.05) is 17.5 Å². The van der Waals surface area contributed by atoms with E-state index in [1.54, 1.807) is 0 Å². The van der Waals surface area contributed by atoms with E-state index in [9.17, 15) is 5.21 Å². The second-order valence-corrected chi connectivity index (χ2v) is 6.26. The third-order valence-electron chi connectivity index (χ3n) is 4.62. The summed E-state index contributed by atoms with van der Waals surface area (Å²) in [4.78, 5) is 0. The zero-order chi connectivity index (χ0) is 17.6. The lowest BCUT2D eigenvalue weighted by Gasteiger charge is -2.24. The van der Waals surface area contributed by atoms with Crippen LogP contribution in [0.25, 0.3) is 0 Å². The molecule has 1 heterocycles. The quantitative estimate of drug-likeness (QED) is 0.776. The van der Waals surface area contributed by atoms with Gasteiger partial charge in [0.2, 0.25) is 0 Å². The van der Waals surface area contributed by atoms with E-state index in [4.69, 9.17) is 0 Å². The van der Waals surface area contributed by atoms with Crippen LogP contribution in [-0.2, 0) is 0 Å². The molecule has 1 N–H and O–H groups in total. The molecule has 2 nitrogen and oxygen atoms in total. The first kappa shape index (κ1) is 17.3. The predicted molar refractivity (Wildman–Crippen MR) is 101 cm³/mol. The van der Waals surface area contributed by atoms with Gasteiger partial charge in [-0.05, 0) is 55.2 Å². The van der Waals surface area contributed by atoms with E-state index in [2.05, 4.69) is 47.9 Å². The normalized spacial score (nSPS) is 19.6. The molecule has 2 atom stereocenters. The van der Waals surface area contributed by atoms with E-state index < -0.39 is 0 Å². The zero-order valence-electron chi connectivity index (χ0n) is 14.8. The van der Waals surface area contributed by atoms with Crippen LogP contribution >= 0.6 is 0 Å². The summed E-state index contributed by atoms with van der Waals surface area (Å²) in [6, 6.07) is 16.5. The highest BCUT2D eigenvalue weighted by Gasteiger charge is 2.34. The molecule has 0 bridgehead atoms. The van der Waals surface area contributed by atoms with Crippen LogP contribution in [0.2, 0.25) is 0 Å². The summed E-state index contributed by atoms with van der Waals surface area (Å²) in [6.45, 7) is 3.88. The highest BCUT2D eigenvalue weighted by Crippen LogP contribution is 2.42. The maximum atomic E-state index is 10.7. The van der Waals surface area contributed by atoms with Crippen LogP contribution in [-0.4, -0.2) is 10.3 Å². The standard InChI is InChI=1S/C23H23NO/c1-3-5-7-19-10-14-21(15-11-19)23-17-16-22(24(23)25)20-12-8-18(6-4-2)9-13-20/h8-15,22-23,25H,3,16-17H2,1-2H3. The van der Waals surface area contributed by atoms with Crippen molar-refractivity contribution in [1.29, 1.82) is 0 Å². The number of hydrogen-bond donors (Lipinski definition) is 1. The summed E-state index contributed by atoms with van der Waals surface area (Å²) in [5.41, 5.74) is 4.31. The van der Waals surface area contributed by atoms with E-state index >= 15 is 0 Å². The van der Waals surface area contributed by atoms with E-state index in [0.717, 1.165) is 41.5 Å². The summed E-state index contributed by atoms with van der Waals surface area (Å²) in [5, 5.41) is 12.2. The monoisotopic (exact) mass is 329 g/mol. The molecule has 1 fully saturated rings. The molecule has 2 unspecified atom stereocenters. The van der Waals surface area contributed by atoms with Crippen LogP contribution < -0.4 is 0 Å². The number of benzene rings is 2. The molecular weight excluding hydrogens is 306 g/mol. The maximum absolute atomic E-state index is 10.7. The molecule has 2 aromatic rings. The minimum absolute atomic E-state index is 0.0354. The minimum Gasteiger partial charge on any atom is -0.313 e. The Balaban J connectivity index is 1.74. The fourth-order valence-corrected chi connectivity index (χ4v) is 3.35. The SMILES string of the molecule is CC#Cc1ccc(C2CCC(c3ccc(C#CCC)cc3)N2O)cc1. The van der Waals surface area contributed by atoms with Gasteiger partial charge in [0.05, 0.1) is 12.1 Å². The average molecular weight is 329 g/mol. The van der Waals surface area contributed by atoms with Gasteiger partial charge in [0.15, 0.2) is 0 Å². The molecule has 2 aromatic carbocycles. The Hall–Kier alpha value is -2.52. The molecule has 0 radical (unpaired) electrons. The molecule has 1 aliphatic heterocycles. The van der Waals surface area contributed by atoms with Crippen molar-refractivity contribution in [1.82, 2.24) is 5.06 Å². The second-order valence-electron chi connectivity index (χ2n) is 6.26. The summed E-state index contributed by atoms with van der Waals surface area (Å²) in [6.07, 6.45) is 2.74. The van der Waals surface area contributed by atoms with Gasteiger partial charge in [-0.25, -0.2) is 0 Å². The van der Waals surface area contributed by atoms with Gasteiger partial charge in [-0.3, -0.25) is 0 Å². The Kier molecular flexibility index (Phi) is 5.56. The van der Waals surface area contributed by atoms with Gasteiger partial charge < -0.3 is 5.21 Å². The molecule has 0 spiro atoms. The molecule has 0 aliphatic carbocycles. The number of hydroxylamine groups is 2. The lowest BCUT2D eigenvalue weighted by molar-refractivity contribution is -0.137. The largest absolute Gasteiger partial charge is 0.313 e. The smallest absolute Gasteiger partial charge is 0.0607 e. The van der Waals surface area contributed by atoms with Gasteiger partial charge in [-0.2, -0.15) is 5.06 Å². The first-order chi connectivity index (χ1) is 12.2. The van der Waals surface area contributed by atoms with Crippen LogP contribution in [0, 0.1) is 23.7 Å². The van der Waals surface area contributed by atoms with Gasteiger partial charge >= 0.3 is 0 Å². The average Bonchev–Trinajstić information content (AvgIpc) is 3.03. The molecule has 3 rings (SSSR count). The third kappa shape index (κ3) is 3.94. The fourth-order valence-electron chi connectivity index (χ4n) is 3.35. The van der Waals surface area contributed by atoms with Gasteiger partial charge in [-0.15, -0.1) is 5.92 Å². The van der Waals surface area contributed by atoms with Gasteiger partial charge in [-0.1, -0.05) is 49.0 Å². The lowest BCUT2D eigenvalue weighted by atomic mass is 10.0. The van der Waals surface area contributed by atoms with Crippen molar-refractivity contribution >= 4 is 0 Å². The fraction of sp³-hybridized carbons (Fsp3) is 0.304. The van der Waals surface area contributed by atoms with Gasteiger partial charge in [0.1, 0.15) is 0 Å². The molecule has 0 saturated carbocycles. The summed E-state index contributed by atoms with van der Waals surface area (Å²) < 4.78 is 0. The first-order valence-electron chi connectivity index (χ1n) is 8.81. The molecule has 0 aromatic heterocycles. The lowest BCUT2D eigenvalue weighted by Crippen LogP contribution is -2.22. The van der Waals surface area contributed by atoms with E-state index in [-0.39, 0.29) is 12.1 Å². The van der Waals surface area contributed by atoms with E-state index in [0.29, 0.717) is 0 Å².